The summed E-state index contributed by atoms with van der Waals surface area (Å²) in [4.78, 5) is 2.59. The molecular weight excluding hydrogens is 234 g/mol. The van der Waals surface area contributed by atoms with Crippen LogP contribution in [0.15, 0.2) is 0 Å². The van der Waals surface area contributed by atoms with Gasteiger partial charge in [-0.15, -0.1) is 12.4 Å². The molecule has 0 aromatic heterocycles. The third kappa shape index (κ3) is 2.36. The Morgan fingerprint density at radius 3 is 1.94 bits per heavy atom. The highest BCUT2D eigenvalue weighted by molar-refractivity contribution is 5.85. The van der Waals surface area contributed by atoms with Crippen LogP contribution in [0.4, 0.5) is 0 Å². The zero-order valence-corrected chi connectivity index (χ0v) is 11.7. The normalized spacial score (nSPS) is 42.9. The van der Waals surface area contributed by atoms with Crippen LogP contribution in [-0.4, -0.2) is 35.7 Å². The van der Waals surface area contributed by atoms with Crippen LogP contribution in [0.25, 0.3) is 0 Å². The summed E-state index contributed by atoms with van der Waals surface area (Å²) in [6.45, 7) is 1.43. The van der Waals surface area contributed by atoms with Crippen LogP contribution in [0.1, 0.15) is 44.9 Å². The molecule has 3 heteroatoms. The van der Waals surface area contributed by atoms with Gasteiger partial charge >= 0.3 is 0 Å². The predicted molar refractivity (Wildman–Crippen MR) is 72.5 cm³/mol. The second kappa shape index (κ2) is 5.07. The van der Waals surface area contributed by atoms with Crippen LogP contribution in [0, 0.1) is 17.8 Å². The average Bonchev–Trinajstić information content (AvgIpc) is 2.24. The van der Waals surface area contributed by atoms with Crippen molar-refractivity contribution in [1.29, 1.82) is 0 Å². The van der Waals surface area contributed by atoms with E-state index < -0.39 is 0 Å². The molecule has 0 saturated heterocycles. The first-order valence-electron chi connectivity index (χ1n) is 7.04. The summed E-state index contributed by atoms with van der Waals surface area (Å²) in [7, 11) is 2.29. The third-order valence-corrected chi connectivity index (χ3v) is 5.47. The van der Waals surface area contributed by atoms with E-state index >= 15 is 0 Å². The van der Waals surface area contributed by atoms with Gasteiger partial charge in [0.2, 0.25) is 0 Å². The molecule has 17 heavy (non-hydrogen) atoms. The summed E-state index contributed by atoms with van der Waals surface area (Å²) < 4.78 is 0. The Morgan fingerprint density at radius 2 is 1.53 bits per heavy atom. The van der Waals surface area contributed by atoms with E-state index in [1.54, 1.807) is 0 Å². The summed E-state index contributed by atoms with van der Waals surface area (Å²) >= 11 is 0. The van der Waals surface area contributed by atoms with Crippen molar-refractivity contribution in [2.75, 3.05) is 20.2 Å². The molecule has 100 valence electrons. The second-order valence-electron chi connectivity index (χ2n) is 6.64. The minimum absolute atomic E-state index is 0. The Kier molecular flexibility index (Phi) is 4.06. The highest BCUT2D eigenvalue weighted by Crippen LogP contribution is 2.57. The van der Waals surface area contributed by atoms with E-state index in [0.29, 0.717) is 12.1 Å². The molecule has 0 atom stereocenters. The Balaban J connectivity index is 0.00000108. The van der Waals surface area contributed by atoms with Gasteiger partial charge < -0.3 is 10.0 Å². The van der Waals surface area contributed by atoms with E-state index in [4.69, 9.17) is 5.11 Å². The van der Waals surface area contributed by atoms with Gasteiger partial charge in [0, 0.05) is 18.7 Å². The molecular formula is C14H26ClNO. The Bertz CT molecular complexity index is 234. The number of hydrogen-bond acceptors (Lipinski definition) is 2. The smallest absolute Gasteiger partial charge is 0.0443 e. The number of halogens is 1. The molecule has 0 aliphatic heterocycles. The summed E-state index contributed by atoms with van der Waals surface area (Å²) in [5.74, 6) is 3.09. The average molecular weight is 260 g/mol. The second-order valence-corrected chi connectivity index (χ2v) is 6.64. The van der Waals surface area contributed by atoms with E-state index in [0.717, 1.165) is 30.7 Å². The molecule has 4 saturated carbocycles. The molecule has 0 aromatic rings. The lowest BCUT2D eigenvalue weighted by molar-refractivity contribution is -0.0799. The molecule has 4 bridgehead atoms. The van der Waals surface area contributed by atoms with Gasteiger partial charge in [-0.3, -0.25) is 0 Å². The quantitative estimate of drug-likeness (QED) is 0.839. The Hall–Kier alpha value is 0.210. The molecule has 2 nitrogen and oxygen atoms in total. The number of aliphatic hydroxyl groups excluding tert-OH is 1. The van der Waals surface area contributed by atoms with Gasteiger partial charge in [0.05, 0.1) is 0 Å². The maximum Gasteiger partial charge on any atom is 0.0443 e. The van der Waals surface area contributed by atoms with Crippen LogP contribution in [-0.2, 0) is 0 Å². The van der Waals surface area contributed by atoms with Gasteiger partial charge in [0.25, 0.3) is 0 Å². The first-order valence-corrected chi connectivity index (χ1v) is 7.04. The summed E-state index contributed by atoms with van der Waals surface area (Å²) in [6, 6.07) is 0. The number of hydrogen-bond donors (Lipinski definition) is 1. The van der Waals surface area contributed by atoms with Crippen molar-refractivity contribution in [3.05, 3.63) is 0 Å². The van der Waals surface area contributed by atoms with Crippen molar-refractivity contribution in [2.45, 2.75) is 50.5 Å². The van der Waals surface area contributed by atoms with Crippen molar-refractivity contribution in [3.8, 4) is 0 Å². The molecule has 0 aromatic carbocycles. The third-order valence-electron chi connectivity index (χ3n) is 5.47. The predicted octanol–water partition coefficient (Wildman–Crippen LogP) is 2.69. The largest absolute Gasteiger partial charge is 0.396 e. The van der Waals surface area contributed by atoms with E-state index in [2.05, 4.69) is 11.9 Å². The van der Waals surface area contributed by atoms with Crippen molar-refractivity contribution >= 4 is 12.4 Å². The molecule has 0 heterocycles. The summed E-state index contributed by atoms with van der Waals surface area (Å²) in [5.41, 5.74) is 0.532. The fourth-order valence-electron chi connectivity index (χ4n) is 5.08. The zero-order valence-electron chi connectivity index (χ0n) is 10.9. The minimum atomic E-state index is 0. The van der Waals surface area contributed by atoms with Gasteiger partial charge in [-0.2, -0.15) is 0 Å². The zero-order chi connectivity index (χ0) is 11.2. The topological polar surface area (TPSA) is 23.5 Å². The fraction of sp³-hybridized carbons (Fsp3) is 1.00. The molecule has 1 N–H and O–H groups in total. The first-order chi connectivity index (χ1) is 7.72. The molecule has 0 radical (unpaired) electrons. The van der Waals surface area contributed by atoms with Gasteiger partial charge in [0.1, 0.15) is 0 Å². The summed E-state index contributed by atoms with van der Waals surface area (Å²) in [5, 5.41) is 8.97. The van der Waals surface area contributed by atoms with E-state index in [-0.39, 0.29) is 12.4 Å². The maximum atomic E-state index is 8.97. The molecule has 0 unspecified atom stereocenters. The van der Waals surface area contributed by atoms with Crippen LogP contribution < -0.4 is 0 Å². The highest BCUT2D eigenvalue weighted by atomic mass is 35.5. The molecule has 4 rings (SSSR count). The van der Waals surface area contributed by atoms with Crippen molar-refractivity contribution < 1.29 is 5.11 Å². The van der Waals surface area contributed by atoms with E-state index in [1.807, 2.05) is 0 Å². The molecule has 4 aliphatic carbocycles. The molecule has 4 aliphatic rings. The first kappa shape index (κ1) is 13.6. The minimum Gasteiger partial charge on any atom is -0.396 e. The van der Waals surface area contributed by atoms with Gasteiger partial charge in [-0.05, 0) is 69.7 Å². The van der Waals surface area contributed by atoms with Gasteiger partial charge in [0.15, 0.2) is 0 Å². The van der Waals surface area contributed by atoms with Crippen molar-refractivity contribution in [3.63, 3.8) is 0 Å². The lowest BCUT2D eigenvalue weighted by Crippen LogP contribution is -2.59. The van der Waals surface area contributed by atoms with Crippen LogP contribution in [0.2, 0.25) is 0 Å². The maximum absolute atomic E-state index is 8.97. The van der Waals surface area contributed by atoms with Crippen LogP contribution in [0.5, 0.6) is 0 Å². The number of nitrogens with zero attached hydrogens (tertiary/aromatic N) is 1. The highest BCUT2D eigenvalue weighted by Gasteiger charge is 2.52. The van der Waals surface area contributed by atoms with Crippen LogP contribution in [0.3, 0.4) is 0 Å². The van der Waals surface area contributed by atoms with Crippen molar-refractivity contribution in [1.82, 2.24) is 4.90 Å². The number of rotatable bonds is 4. The SMILES string of the molecule is CN(CCCO)C12CC3CC(CC(C3)C1)C2.Cl. The molecule has 4 fully saturated rings. The monoisotopic (exact) mass is 259 g/mol. The lowest BCUT2D eigenvalue weighted by Gasteiger charge is -2.60. The lowest BCUT2D eigenvalue weighted by atomic mass is 9.52. The molecule has 0 amide bonds. The Morgan fingerprint density at radius 1 is 1.06 bits per heavy atom. The fourth-order valence-corrected chi connectivity index (χ4v) is 5.08. The van der Waals surface area contributed by atoms with Gasteiger partial charge in [-0.1, -0.05) is 0 Å². The van der Waals surface area contributed by atoms with Crippen molar-refractivity contribution in [2.24, 2.45) is 17.8 Å². The summed E-state index contributed by atoms with van der Waals surface area (Å²) in [6.07, 6.45) is 9.84. The number of aliphatic hydroxyl groups is 1. The standard InChI is InChI=1S/C14H25NO.ClH/c1-15(3-2-4-16)14-8-11-5-12(9-14)7-13(6-11)10-14;/h11-13,16H,2-10H2,1H3;1H. The van der Waals surface area contributed by atoms with Gasteiger partial charge in [-0.25, -0.2) is 0 Å². The molecule has 0 spiro atoms. The Labute approximate surface area is 111 Å². The van der Waals surface area contributed by atoms with E-state index in [1.165, 1.54) is 38.5 Å². The van der Waals surface area contributed by atoms with Crippen LogP contribution >= 0.6 is 12.4 Å². The van der Waals surface area contributed by atoms with E-state index in [9.17, 15) is 0 Å².